The number of carbonyl (C=O) groups excluding carboxylic acids is 2. The lowest BCUT2D eigenvalue weighted by Gasteiger charge is -2.15. The molecule has 5 heteroatoms. The summed E-state index contributed by atoms with van der Waals surface area (Å²) < 4.78 is 5.57. The van der Waals surface area contributed by atoms with Gasteiger partial charge in [0, 0.05) is 25.3 Å². The topological polar surface area (TPSA) is 58.6 Å². The maximum Gasteiger partial charge on any atom is 0.265 e. The number of ether oxygens (including phenoxy) is 1. The molecule has 5 nitrogen and oxygen atoms in total. The lowest BCUT2D eigenvalue weighted by molar-refractivity contribution is -0.122. The molecule has 120 valence electrons. The maximum absolute atomic E-state index is 12.1. The third kappa shape index (κ3) is 4.57. The van der Waals surface area contributed by atoms with Crippen molar-refractivity contribution in [3.05, 3.63) is 60.2 Å². The first-order valence-corrected chi connectivity index (χ1v) is 7.31. The molecule has 0 spiro atoms. The molecular formula is C18H20N2O3. The van der Waals surface area contributed by atoms with E-state index in [1.54, 1.807) is 57.4 Å². The fourth-order valence-electron chi connectivity index (χ4n) is 1.95. The Balaban J connectivity index is 1.96. The van der Waals surface area contributed by atoms with Crippen LogP contribution in [0.3, 0.4) is 0 Å². The van der Waals surface area contributed by atoms with E-state index >= 15 is 0 Å². The first-order valence-electron chi connectivity index (χ1n) is 7.31. The number of rotatable bonds is 5. The molecule has 0 aromatic heterocycles. The molecule has 2 aromatic carbocycles. The third-order valence-electron chi connectivity index (χ3n) is 3.23. The second kappa shape index (κ2) is 7.45. The Bertz CT molecular complexity index is 666. The van der Waals surface area contributed by atoms with Gasteiger partial charge in [-0.05, 0) is 43.3 Å². The Morgan fingerprint density at radius 1 is 1.00 bits per heavy atom. The van der Waals surface area contributed by atoms with Crippen molar-refractivity contribution < 1.29 is 14.3 Å². The molecule has 2 rings (SSSR count). The van der Waals surface area contributed by atoms with E-state index in [2.05, 4.69) is 5.32 Å². The molecule has 2 amide bonds. The number of nitrogens with zero attached hydrogens (tertiary/aromatic N) is 1. The molecular weight excluding hydrogens is 292 g/mol. The van der Waals surface area contributed by atoms with Gasteiger partial charge < -0.3 is 15.0 Å². The number of para-hydroxylation sites is 1. The first kappa shape index (κ1) is 16.5. The van der Waals surface area contributed by atoms with E-state index in [9.17, 15) is 9.59 Å². The summed E-state index contributed by atoms with van der Waals surface area (Å²) in [5.41, 5.74) is 1.19. The lowest BCUT2D eigenvalue weighted by atomic mass is 10.2. The fourth-order valence-corrected chi connectivity index (χ4v) is 1.95. The minimum atomic E-state index is -0.625. The summed E-state index contributed by atoms with van der Waals surface area (Å²) in [4.78, 5) is 25.4. The molecule has 0 aliphatic carbocycles. The summed E-state index contributed by atoms with van der Waals surface area (Å²) in [5, 5.41) is 2.77. The second-order valence-corrected chi connectivity index (χ2v) is 5.34. The normalized spacial score (nSPS) is 11.4. The van der Waals surface area contributed by atoms with E-state index in [1.165, 1.54) is 4.90 Å². The van der Waals surface area contributed by atoms with Crippen molar-refractivity contribution in [1.82, 2.24) is 4.90 Å². The summed E-state index contributed by atoms with van der Waals surface area (Å²) in [5.74, 6) is 0.311. The van der Waals surface area contributed by atoms with Crippen LogP contribution in [-0.2, 0) is 4.79 Å². The Kier molecular flexibility index (Phi) is 5.36. The smallest absolute Gasteiger partial charge is 0.265 e. The highest BCUT2D eigenvalue weighted by molar-refractivity contribution is 5.96. The van der Waals surface area contributed by atoms with Crippen molar-refractivity contribution in [2.24, 2.45) is 0 Å². The Morgan fingerprint density at radius 2 is 1.61 bits per heavy atom. The van der Waals surface area contributed by atoms with Crippen LogP contribution < -0.4 is 10.1 Å². The van der Waals surface area contributed by atoms with Gasteiger partial charge in [0.25, 0.3) is 11.8 Å². The van der Waals surface area contributed by atoms with Gasteiger partial charge in [0.05, 0.1) is 0 Å². The zero-order valence-corrected chi connectivity index (χ0v) is 13.4. The summed E-state index contributed by atoms with van der Waals surface area (Å²) in [7, 11) is 3.39. The van der Waals surface area contributed by atoms with E-state index < -0.39 is 6.10 Å². The molecule has 0 saturated heterocycles. The number of amides is 2. The van der Waals surface area contributed by atoms with Crippen molar-refractivity contribution in [1.29, 1.82) is 0 Å². The average molecular weight is 312 g/mol. The minimum absolute atomic E-state index is 0.0799. The van der Waals surface area contributed by atoms with Gasteiger partial charge in [0.15, 0.2) is 6.10 Å². The maximum atomic E-state index is 12.1. The van der Waals surface area contributed by atoms with E-state index in [-0.39, 0.29) is 11.8 Å². The van der Waals surface area contributed by atoms with Gasteiger partial charge in [-0.3, -0.25) is 9.59 Å². The van der Waals surface area contributed by atoms with Gasteiger partial charge in [0.2, 0.25) is 0 Å². The SMILES string of the molecule is CC(Oc1ccccc1)C(=O)Nc1ccc(C(=O)N(C)C)cc1. The van der Waals surface area contributed by atoms with Crippen LogP contribution in [0.4, 0.5) is 5.69 Å². The Morgan fingerprint density at radius 3 is 2.17 bits per heavy atom. The number of nitrogens with one attached hydrogen (secondary N) is 1. The largest absolute Gasteiger partial charge is 0.481 e. The van der Waals surface area contributed by atoms with Gasteiger partial charge in [0.1, 0.15) is 5.75 Å². The third-order valence-corrected chi connectivity index (χ3v) is 3.23. The zero-order valence-electron chi connectivity index (χ0n) is 13.4. The molecule has 0 radical (unpaired) electrons. The predicted octanol–water partition coefficient (Wildman–Crippen LogP) is 2.79. The zero-order chi connectivity index (χ0) is 16.8. The molecule has 1 unspecified atom stereocenters. The molecule has 2 aromatic rings. The average Bonchev–Trinajstić information content (AvgIpc) is 2.55. The lowest BCUT2D eigenvalue weighted by Crippen LogP contribution is -2.30. The van der Waals surface area contributed by atoms with Gasteiger partial charge in [-0.15, -0.1) is 0 Å². The highest BCUT2D eigenvalue weighted by Crippen LogP contribution is 2.14. The van der Waals surface area contributed by atoms with Crippen molar-refractivity contribution in [2.45, 2.75) is 13.0 Å². The van der Waals surface area contributed by atoms with E-state index in [0.717, 1.165) is 0 Å². The standard InChI is InChI=1S/C18H20N2O3/c1-13(23-16-7-5-4-6-8-16)17(21)19-15-11-9-14(10-12-15)18(22)20(2)3/h4-13H,1-3H3,(H,19,21). The number of anilines is 1. The number of hydrogen-bond donors (Lipinski definition) is 1. The quantitative estimate of drug-likeness (QED) is 0.923. The van der Waals surface area contributed by atoms with Crippen molar-refractivity contribution in [3.63, 3.8) is 0 Å². The van der Waals surface area contributed by atoms with Crippen LogP contribution in [0.25, 0.3) is 0 Å². The highest BCUT2D eigenvalue weighted by atomic mass is 16.5. The highest BCUT2D eigenvalue weighted by Gasteiger charge is 2.15. The molecule has 0 saturated carbocycles. The summed E-state index contributed by atoms with van der Waals surface area (Å²) in [6, 6.07) is 15.9. The van der Waals surface area contributed by atoms with E-state index in [4.69, 9.17) is 4.74 Å². The van der Waals surface area contributed by atoms with Gasteiger partial charge in [-0.1, -0.05) is 18.2 Å². The number of carbonyl (C=O) groups is 2. The molecule has 1 N–H and O–H groups in total. The van der Waals surface area contributed by atoms with Gasteiger partial charge in [-0.2, -0.15) is 0 Å². The van der Waals surface area contributed by atoms with E-state index in [1.807, 2.05) is 18.2 Å². The van der Waals surface area contributed by atoms with Crippen LogP contribution >= 0.6 is 0 Å². The molecule has 0 aliphatic heterocycles. The second-order valence-electron chi connectivity index (χ2n) is 5.34. The monoisotopic (exact) mass is 312 g/mol. The van der Waals surface area contributed by atoms with Crippen LogP contribution in [0.5, 0.6) is 5.75 Å². The molecule has 0 aliphatic rings. The first-order chi connectivity index (χ1) is 11.0. The van der Waals surface area contributed by atoms with Crippen molar-refractivity contribution in [2.75, 3.05) is 19.4 Å². The molecule has 0 bridgehead atoms. The summed E-state index contributed by atoms with van der Waals surface area (Å²) in [6.07, 6.45) is -0.625. The van der Waals surface area contributed by atoms with Crippen molar-refractivity contribution in [3.8, 4) is 5.75 Å². The number of benzene rings is 2. The van der Waals surface area contributed by atoms with Crippen LogP contribution in [0.1, 0.15) is 17.3 Å². The van der Waals surface area contributed by atoms with Crippen LogP contribution in [0, 0.1) is 0 Å². The number of hydrogen-bond acceptors (Lipinski definition) is 3. The Hall–Kier alpha value is -2.82. The molecule has 23 heavy (non-hydrogen) atoms. The van der Waals surface area contributed by atoms with Crippen LogP contribution in [-0.4, -0.2) is 36.9 Å². The van der Waals surface area contributed by atoms with Gasteiger partial charge in [-0.25, -0.2) is 0 Å². The Labute approximate surface area is 135 Å². The van der Waals surface area contributed by atoms with Crippen molar-refractivity contribution >= 4 is 17.5 Å². The fraction of sp³-hybridized carbons (Fsp3) is 0.222. The van der Waals surface area contributed by atoms with Crippen LogP contribution in [0.2, 0.25) is 0 Å². The minimum Gasteiger partial charge on any atom is -0.481 e. The van der Waals surface area contributed by atoms with Crippen LogP contribution in [0.15, 0.2) is 54.6 Å². The molecule has 1 atom stereocenters. The summed E-state index contributed by atoms with van der Waals surface area (Å²) >= 11 is 0. The molecule has 0 fully saturated rings. The molecule has 0 heterocycles. The summed E-state index contributed by atoms with van der Waals surface area (Å²) in [6.45, 7) is 1.69. The van der Waals surface area contributed by atoms with E-state index in [0.29, 0.717) is 17.0 Å². The van der Waals surface area contributed by atoms with Gasteiger partial charge >= 0.3 is 0 Å². The predicted molar refractivity (Wildman–Crippen MR) is 89.6 cm³/mol.